The number of amides is 2. The van der Waals surface area contributed by atoms with Gasteiger partial charge in [-0.2, -0.15) is 0 Å². The first-order valence-corrected chi connectivity index (χ1v) is 22.8. The second-order valence-electron chi connectivity index (χ2n) is 18.9. The monoisotopic (exact) mass is 827 g/mol. The lowest BCUT2D eigenvalue weighted by atomic mass is 9.88. The maximum absolute atomic E-state index is 13.2. The molecule has 2 aromatic heterocycles. The molecule has 2 saturated carbocycles. The van der Waals surface area contributed by atoms with E-state index >= 15 is 0 Å². The zero-order chi connectivity index (χ0) is 42.8. The van der Waals surface area contributed by atoms with Gasteiger partial charge in [0.25, 0.3) is 11.1 Å². The molecule has 4 aliphatic heterocycles. The summed E-state index contributed by atoms with van der Waals surface area (Å²) in [6, 6.07) is 7.34. The number of aliphatic hydroxyl groups excluding tert-OH is 2. The maximum Gasteiger partial charge on any atom is 0.258 e. The predicted molar refractivity (Wildman–Crippen MR) is 236 cm³/mol. The molecule has 328 valence electrons. The van der Waals surface area contributed by atoms with E-state index in [1.54, 1.807) is 38.0 Å². The summed E-state index contributed by atoms with van der Waals surface area (Å²) in [5.41, 5.74) is 3.46. The molecule has 2 aliphatic carbocycles. The van der Waals surface area contributed by atoms with Gasteiger partial charge >= 0.3 is 0 Å². The van der Waals surface area contributed by atoms with E-state index in [1.165, 1.54) is 64.2 Å². The first-order valence-electron chi connectivity index (χ1n) is 22.8. The highest BCUT2D eigenvalue weighted by atomic mass is 16.3. The van der Waals surface area contributed by atoms with Crippen LogP contribution in [0.5, 0.6) is 0 Å². The standard InChI is InChI=1S/2C24H35N3O3/c2*1-4-8-17-11-12-20-21-18(14-26(20)23(17)29)19(15-28)22(24(30)25(2)3)27(21)13-16-9-6-5-7-10-16/h2*4,8,11-12,16,18-19,21-22,28H,5-7,9-10,13-15H2,1-3H3/b8-4+;8-4-/t2*18-,19-,21+,22-/m00/s1. The quantitative estimate of drug-likeness (QED) is 0.342. The summed E-state index contributed by atoms with van der Waals surface area (Å²) < 4.78 is 3.77. The van der Waals surface area contributed by atoms with E-state index in [1.807, 2.05) is 59.4 Å². The van der Waals surface area contributed by atoms with Crippen LogP contribution in [0.3, 0.4) is 0 Å². The van der Waals surface area contributed by atoms with Crippen molar-refractivity contribution in [1.82, 2.24) is 28.7 Å². The highest BCUT2D eigenvalue weighted by Gasteiger charge is 2.57. The lowest BCUT2D eigenvalue weighted by Crippen LogP contribution is -2.49. The van der Waals surface area contributed by atoms with Crippen molar-refractivity contribution in [3.05, 3.63) is 79.6 Å². The Morgan fingerprint density at radius 3 is 1.30 bits per heavy atom. The van der Waals surface area contributed by atoms with Crippen molar-refractivity contribution in [3.63, 3.8) is 0 Å². The molecular weight excluding hydrogens is 757 g/mol. The van der Waals surface area contributed by atoms with Crippen LogP contribution in [-0.2, 0) is 22.7 Å². The Kier molecular flexibility index (Phi) is 14.0. The predicted octanol–water partition coefficient (Wildman–Crippen LogP) is 5.03. The molecule has 4 fully saturated rings. The lowest BCUT2D eigenvalue weighted by molar-refractivity contribution is -0.136. The van der Waals surface area contributed by atoms with Gasteiger partial charge in [0, 0.05) is 114 Å². The number of likely N-dealkylation sites (N-methyl/N-ethyl adjacent to an activating group) is 2. The van der Waals surface area contributed by atoms with Crippen LogP contribution >= 0.6 is 0 Å². The van der Waals surface area contributed by atoms with Gasteiger partial charge in [-0.15, -0.1) is 0 Å². The molecule has 12 nitrogen and oxygen atoms in total. The number of carbonyl (C=O) groups is 2. The first-order chi connectivity index (χ1) is 28.9. The smallest absolute Gasteiger partial charge is 0.258 e. The molecule has 12 heteroatoms. The number of pyridine rings is 2. The molecule has 0 radical (unpaired) electrons. The molecule has 6 heterocycles. The Labute approximate surface area is 356 Å². The molecule has 60 heavy (non-hydrogen) atoms. The van der Waals surface area contributed by atoms with E-state index in [4.69, 9.17) is 0 Å². The number of aliphatic hydroxyl groups is 2. The summed E-state index contributed by atoms with van der Waals surface area (Å²) in [4.78, 5) is 60.5. The molecule has 0 bridgehead atoms. The number of carbonyl (C=O) groups excluding carboxylic acids is 2. The number of rotatable bonds is 10. The van der Waals surface area contributed by atoms with E-state index < -0.39 is 0 Å². The van der Waals surface area contributed by atoms with E-state index in [-0.39, 0.29) is 84.0 Å². The lowest BCUT2D eigenvalue weighted by Gasteiger charge is -2.36. The van der Waals surface area contributed by atoms with Crippen LogP contribution in [-0.4, -0.2) is 117 Å². The molecule has 2 saturated heterocycles. The van der Waals surface area contributed by atoms with Gasteiger partial charge in [0.05, 0.1) is 24.2 Å². The van der Waals surface area contributed by atoms with Crippen molar-refractivity contribution in [2.75, 3.05) is 54.5 Å². The minimum atomic E-state index is -0.319. The fourth-order valence-corrected chi connectivity index (χ4v) is 12.1. The molecule has 2 amide bonds. The van der Waals surface area contributed by atoms with E-state index in [0.717, 1.165) is 24.5 Å². The van der Waals surface area contributed by atoms with Crippen molar-refractivity contribution in [1.29, 1.82) is 0 Å². The first kappa shape index (κ1) is 44.2. The summed E-state index contributed by atoms with van der Waals surface area (Å²) in [6.45, 7) is 6.66. The normalized spacial score (nSPS) is 29.3. The number of aromatic nitrogens is 2. The van der Waals surface area contributed by atoms with Crippen molar-refractivity contribution in [3.8, 4) is 0 Å². The number of hydrogen-bond acceptors (Lipinski definition) is 8. The van der Waals surface area contributed by atoms with Gasteiger partial charge in [-0.05, 0) is 75.6 Å². The largest absolute Gasteiger partial charge is 0.396 e. The SMILES string of the molecule is C/C=C/c1ccc2n(c1=O)C[C@H]1[C@H](CO)[C@@H](C(=O)N(C)C)N(CC3CCCCC3)[C@@H]21.C/C=C\c1ccc2n(c1=O)C[C@H]1[C@H](CO)[C@@H](C(=O)N(C)C)N(CC3CCCCC3)[C@@H]21. The topological polar surface area (TPSA) is 132 Å². The third kappa shape index (κ3) is 8.26. The van der Waals surface area contributed by atoms with Gasteiger partial charge < -0.3 is 29.1 Å². The number of allylic oxidation sites excluding steroid dienone is 2. The Bertz CT molecular complexity index is 1880. The van der Waals surface area contributed by atoms with Crippen LogP contribution in [0.2, 0.25) is 0 Å². The van der Waals surface area contributed by atoms with Gasteiger partial charge in [-0.1, -0.05) is 62.8 Å². The van der Waals surface area contributed by atoms with Crippen molar-refractivity contribution < 1.29 is 19.8 Å². The van der Waals surface area contributed by atoms with Crippen molar-refractivity contribution in [2.45, 2.75) is 115 Å². The molecule has 2 aromatic rings. The van der Waals surface area contributed by atoms with Crippen LogP contribution in [0.1, 0.15) is 113 Å². The van der Waals surface area contributed by atoms with Crippen molar-refractivity contribution in [2.24, 2.45) is 35.5 Å². The summed E-state index contributed by atoms with van der Waals surface area (Å²) in [5.74, 6) is 1.16. The number of nitrogens with zero attached hydrogens (tertiary/aromatic N) is 6. The minimum absolute atomic E-state index is 0.0188. The van der Waals surface area contributed by atoms with Crippen LogP contribution < -0.4 is 11.1 Å². The van der Waals surface area contributed by atoms with Crippen LogP contribution in [0, 0.1) is 35.5 Å². The van der Waals surface area contributed by atoms with Gasteiger partial charge in [0.1, 0.15) is 0 Å². The zero-order valence-corrected chi connectivity index (χ0v) is 36.9. The van der Waals surface area contributed by atoms with Crippen LogP contribution in [0.25, 0.3) is 12.2 Å². The van der Waals surface area contributed by atoms with Gasteiger partial charge in [-0.25, -0.2) is 0 Å². The molecular formula is C48H70N6O6. The van der Waals surface area contributed by atoms with E-state index in [9.17, 15) is 29.4 Å². The van der Waals surface area contributed by atoms with Crippen molar-refractivity contribution >= 4 is 24.0 Å². The molecule has 6 aliphatic rings. The fraction of sp³-hybridized carbons (Fsp3) is 0.667. The number of likely N-dealkylation sites (tertiary alicyclic amines) is 2. The fourth-order valence-electron chi connectivity index (χ4n) is 12.1. The Morgan fingerprint density at radius 2 is 0.983 bits per heavy atom. The Balaban J connectivity index is 0.000000181. The molecule has 0 spiro atoms. The summed E-state index contributed by atoms with van der Waals surface area (Å²) in [7, 11) is 7.19. The number of fused-ring (bicyclic) bond motifs is 6. The molecule has 2 N–H and O–H groups in total. The summed E-state index contributed by atoms with van der Waals surface area (Å²) >= 11 is 0. The van der Waals surface area contributed by atoms with Gasteiger partial charge in [0.15, 0.2) is 0 Å². The molecule has 0 aromatic carbocycles. The van der Waals surface area contributed by atoms with Crippen LogP contribution in [0.4, 0.5) is 0 Å². The molecule has 8 atom stereocenters. The highest BCUT2D eigenvalue weighted by Crippen LogP contribution is 2.51. The van der Waals surface area contributed by atoms with E-state index in [0.29, 0.717) is 36.1 Å². The maximum atomic E-state index is 13.2. The van der Waals surface area contributed by atoms with Gasteiger partial charge in [0.2, 0.25) is 11.8 Å². The Morgan fingerprint density at radius 1 is 0.617 bits per heavy atom. The Hall–Kier alpha value is -3.84. The van der Waals surface area contributed by atoms with Crippen LogP contribution in [0.15, 0.2) is 46.0 Å². The van der Waals surface area contributed by atoms with E-state index in [2.05, 4.69) is 21.9 Å². The third-order valence-electron chi connectivity index (χ3n) is 14.9. The minimum Gasteiger partial charge on any atom is -0.396 e. The molecule has 8 rings (SSSR count). The average Bonchev–Trinajstić information content (AvgIpc) is 3.98. The number of hydrogen-bond donors (Lipinski definition) is 2. The highest BCUT2D eigenvalue weighted by molar-refractivity contribution is 5.83. The second kappa shape index (κ2) is 19.1. The summed E-state index contributed by atoms with van der Waals surface area (Å²) in [6.07, 6.45) is 19.9. The second-order valence-corrected chi connectivity index (χ2v) is 18.9. The van der Waals surface area contributed by atoms with Gasteiger partial charge in [-0.3, -0.25) is 29.0 Å². The molecule has 0 unspecified atom stereocenters. The summed E-state index contributed by atoms with van der Waals surface area (Å²) in [5, 5.41) is 20.7. The average molecular weight is 827 g/mol. The third-order valence-corrected chi connectivity index (χ3v) is 14.9. The zero-order valence-electron chi connectivity index (χ0n) is 36.9.